The average Bonchev–Trinajstić information content (AvgIpc) is 2.62. The number of hydrogen-bond acceptors (Lipinski definition) is 5. The maximum absolute atomic E-state index is 12.2. The molecule has 27 heavy (non-hydrogen) atoms. The molecule has 0 radical (unpaired) electrons. The molecule has 1 amide bonds. The van der Waals surface area contributed by atoms with Gasteiger partial charge in [0.05, 0.1) is 12.8 Å². The van der Waals surface area contributed by atoms with Crippen LogP contribution in [0.1, 0.15) is 20.3 Å². The number of carbonyl (C=O) groups is 2. The monoisotopic (exact) mass is 373 g/mol. The van der Waals surface area contributed by atoms with E-state index in [9.17, 15) is 19.5 Å². The van der Waals surface area contributed by atoms with Crippen molar-refractivity contribution in [2.24, 2.45) is 5.92 Å². The third kappa shape index (κ3) is 5.67. The van der Waals surface area contributed by atoms with Gasteiger partial charge in [-0.15, -0.1) is 0 Å². The summed E-state index contributed by atoms with van der Waals surface area (Å²) in [6.45, 7) is 3.37. The molecule has 0 aliphatic heterocycles. The van der Waals surface area contributed by atoms with E-state index in [-0.39, 0.29) is 12.5 Å². The molecule has 0 bridgehead atoms. The Bertz CT molecular complexity index is 876. The minimum Gasteiger partial charge on any atom is -0.497 e. The molecule has 2 aromatic rings. The summed E-state index contributed by atoms with van der Waals surface area (Å²) in [6, 6.07) is 9.02. The highest BCUT2D eigenvalue weighted by Crippen LogP contribution is 2.21. The van der Waals surface area contributed by atoms with E-state index in [1.54, 1.807) is 31.4 Å². The summed E-state index contributed by atoms with van der Waals surface area (Å²) in [4.78, 5) is 35.5. The summed E-state index contributed by atoms with van der Waals surface area (Å²) in [5.41, 5.74) is 0.775. The van der Waals surface area contributed by atoms with Crippen LogP contribution in [0.25, 0.3) is 11.3 Å². The molecule has 0 saturated heterocycles. The molecule has 0 aliphatic rings. The van der Waals surface area contributed by atoms with Gasteiger partial charge in [-0.1, -0.05) is 26.0 Å². The number of aromatic nitrogens is 2. The summed E-state index contributed by atoms with van der Waals surface area (Å²) in [5.74, 6) is -0.950. The van der Waals surface area contributed by atoms with E-state index < -0.39 is 23.5 Å². The van der Waals surface area contributed by atoms with Gasteiger partial charge >= 0.3 is 5.97 Å². The first-order valence-electron chi connectivity index (χ1n) is 8.55. The molecule has 8 nitrogen and oxygen atoms in total. The predicted molar refractivity (Wildman–Crippen MR) is 99.5 cm³/mol. The Kier molecular flexibility index (Phi) is 6.70. The summed E-state index contributed by atoms with van der Waals surface area (Å²) >= 11 is 0. The Balaban J connectivity index is 2.19. The minimum absolute atomic E-state index is 0.101. The minimum atomic E-state index is -1.11. The summed E-state index contributed by atoms with van der Waals surface area (Å²) < 4.78 is 6.19. The van der Waals surface area contributed by atoms with E-state index in [0.717, 1.165) is 10.2 Å². The van der Waals surface area contributed by atoms with E-state index in [0.29, 0.717) is 17.9 Å². The fourth-order valence-corrected chi connectivity index (χ4v) is 2.57. The van der Waals surface area contributed by atoms with E-state index in [1.807, 2.05) is 19.9 Å². The normalized spacial score (nSPS) is 11.9. The van der Waals surface area contributed by atoms with Gasteiger partial charge in [0.25, 0.3) is 5.56 Å². The molecule has 1 aromatic heterocycles. The van der Waals surface area contributed by atoms with Gasteiger partial charge < -0.3 is 15.2 Å². The van der Waals surface area contributed by atoms with E-state index >= 15 is 0 Å². The highest BCUT2D eigenvalue weighted by Gasteiger charge is 2.21. The maximum atomic E-state index is 12.2. The number of aliphatic carboxylic acids is 1. The summed E-state index contributed by atoms with van der Waals surface area (Å²) in [7, 11) is 1.55. The highest BCUT2D eigenvalue weighted by molar-refractivity contribution is 5.83. The predicted octanol–water partition coefficient (Wildman–Crippen LogP) is 1.53. The van der Waals surface area contributed by atoms with Crippen LogP contribution in [-0.4, -0.2) is 39.9 Å². The fourth-order valence-electron chi connectivity index (χ4n) is 2.57. The molecule has 2 N–H and O–H groups in total. The average molecular weight is 373 g/mol. The first kappa shape index (κ1) is 20.2. The van der Waals surface area contributed by atoms with Crippen molar-refractivity contribution in [1.82, 2.24) is 15.1 Å². The van der Waals surface area contributed by atoms with Crippen molar-refractivity contribution in [2.45, 2.75) is 32.9 Å². The lowest BCUT2D eigenvalue weighted by Crippen LogP contribution is -2.44. The van der Waals surface area contributed by atoms with Crippen LogP contribution in [0.2, 0.25) is 0 Å². The summed E-state index contributed by atoms with van der Waals surface area (Å²) in [6.07, 6.45) is 0.299. The Morgan fingerprint density at radius 3 is 2.63 bits per heavy atom. The van der Waals surface area contributed by atoms with E-state index in [2.05, 4.69) is 10.4 Å². The molecule has 0 fully saturated rings. The SMILES string of the molecule is COc1cccc(-c2ccc(=O)n(CC(=O)NC(CC(C)C)C(=O)O)n2)c1. The van der Waals surface area contributed by atoms with Crippen LogP contribution in [0.3, 0.4) is 0 Å². The number of hydrogen-bond donors (Lipinski definition) is 2. The lowest BCUT2D eigenvalue weighted by Gasteiger charge is -2.16. The van der Waals surface area contributed by atoms with Crippen LogP contribution in [-0.2, 0) is 16.1 Å². The van der Waals surface area contributed by atoms with E-state index in [4.69, 9.17) is 4.74 Å². The molecular formula is C19H23N3O5. The Morgan fingerprint density at radius 2 is 2.00 bits per heavy atom. The number of nitrogens with one attached hydrogen (secondary N) is 1. The number of carboxylic acid groups (broad SMARTS) is 1. The first-order chi connectivity index (χ1) is 12.8. The molecule has 144 valence electrons. The van der Waals surface area contributed by atoms with Crippen molar-refractivity contribution in [1.29, 1.82) is 0 Å². The second kappa shape index (κ2) is 8.98. The van der Waals surface area contributed by atoms with Gasteiger partial charge in [-0.25, -0.2) is 9.48 Å². The second-order valence-electron chi connectivity index (χ2n) is 6.53. The van der Waals surface area contributed by atoms with Crippen molar-refractivity contribution in [3.8, 4) is 17.0 Å². The Morgan fingerprint density at radius 1 is 1.26 bits per heavy atom. The molecule has 0 spiro atoms. The molecule has 8 heteroatoms. The molecule has 0 saturated carbocycles. The Labute approximate surface area is 156 Å². The fraction of sp³-hybridized carbons (Fsp3) is 0.368. The molecule has 0 aliphatic carbocycles. The van der Waals surface area contributed by atoms with Gasteiger partial charge in [0, 0.05) is 11.6 Å². The molecular weight excluding hydrogens is 350 g/mol. The maximum Gasteiger partial charge on any atom is 0.326 e. The molecule has 2 rings (SSSR count). The zero-order chi connectivity index (χ0) is 20.0. The highest BCUT2D eigenvalue weighted by atomic mass is 16.5. The van der Waals surface area contributed by atoms with Crippen LogP contribution < -0.4 is 15.6 Å². The smallest absolute Gasteiger partial charge is 0.326 e. The molecule has 1 aromatic carbocycles. The Hall–Kier alpha value is -3.16. The topological polar surface area (TPSA) is 111 Å². The summed E-state index contributed by atoms with van der Waals surface area (Å²) in [5, 5.41) is 15.9. The standard InChI is InChI=1S/C19H23N3O5/c1-12(2)9-16(19(25)26)20-17(23)11-22-18(24)8-7-15(21-22)13-5-4-6-14(10-13)27-3/h4-8,10,12,16H,9,11H2,1-3H3,(H,20,23)(H,25,26). The number of methoxy groups -OCH3 is 1. The number of carboxylic acids is 1. The van der Waals surface area contributed by atoms with Crippen LogP contribution in [0.5, 0.6) is 5.75 Å². The van der Waals surface area contributed by atoms with Crippen molar-refractivity contribution < 1.29 is 19.4 Å². The van der Waals surface area contributed by atoms with Gasteiger partial charge in [-0.2, -0.15) is 5.10 Å². The second-order valence-corrected chi connectivity index (χ2v) is 6.53. The molecule has 1 unspecified atom stereocenters. The lowest BCUT2D eigenvalue weighted by atomic mass is 10.0. The number of rotatable bonds is 8. The molecule has 1 atom stereocenters. The third-order valence-corrected chi connectivity index (χ3v) is 3.87. The number of amides is 1. The van der Waals surface area contributed by atoms with Crippen molar-refractivity contribution in [3.63, 3.8) is 0 Å². The van der Waals surface area contributed by atoms with E-state index in [1.165, 1.54) is 6.07 Å². The van der Waals surface area contributed by atoms with Gasteiger partial charge in [-0.3, -0.25) is 9.59 Å². The number of ether oxygens (including phenoxy) is 1. The molecule has 1 heterocycles. The van der Waals surface area contributed by atoms with Gasteiger partial charge in [0.1, 0.15) is 18.3 Å². The van der Waals surface area contributed by atoms with Crippen molar-refractivity contribution in [2.75, 3.05) is 7.11 Å². The van der Waals surface area contributed by atoms with Crippen LogP contribution >= 0.6 is 0 Å². The largest absolute Gasteiger partial charge is 0.497 e. The van der Waals surface area contributed by atoms with Gasteiger partial charge in [0.2, 0.25) is 5.91 Å². The zero-order valence-corrected chi connectivity index (χ0v) is 15.5. The van der Waals surface area contributed by atoms with Crippen molar-refractivity contribution >= 4 is 11.9 Å². The van der Waals surface area contributed by atoms with Crippen molar-refractivity contribution in [3.05, 3.63) is 46.8 Å². The van der Waals surface area contributed by atoms with Crippen LogP contribution in [0.15, 0.2) is 41.2 Å². The van der Waals surface area contributed by atoms with Crippen LogP contribution in [0, 0.1) is 5.92 Å². The number of benzene rings is 1. The number of carbonyl (C=O) groups excluding carboxylic acids is 1. The quantitative estimate of drug-likeness (QED) is 0.726. The van der Waals surface area contributed by atoms with Gasteiger partial charge in [0.15, 0.2) is 0 Å². The zero-order valence-electron chi connectivity index (χ0n) is 15.5. The first-order valence-corrected chi connectivity index (χ1v) is 8.55. The number of nitrogens with zero attached hydrogens (tertiary/aromatic N) is 2. The third-order valence-electron chi connectivity index (χ3n) is 3.87. The van der Waals surface area contributed by atoms with Crippen LogP contribution in [0.4, 0.5) is 0 Å². The van der Waals surface area contributed by atoms with Gasteiger partial charge in [-0.05, 0) is 30.5 Å². The lowest BCUT2D eigenvalue weighted by molar-refractivity contribution is -0.142.